The Balaban J connectivity index is 2.08. The molecule has 2 heterocycles. The largest absolute Gasteiger partial charge is 0.480 e. The van der Waals surface area contributed by atoms with Crippen LogP contribution in [0.3, 0.4) is 0 Å². The fourth-order valence-electron chi connectivity index (χ4n) is 2.39. The Morgan fingerprint density at radius 1 is 1.39 bits per heavy atom. The van der Waals surface area contributed by atoms with Gasteiger partial charge < -0.3 is 10.4 Å². The second kappa shape index (κ2) is 4.29. The highest BCUT2D eigenvalue weighted by atomic mass is 16.4. The molecule has 0 bridgehead atoms. The Morgan fingerprint density at radius 2 is 2.22 bits per heavy atom. The first-order valence-corrected chi connectivity index (χ1v) is 6.12. The second-order valence-corrected chi connectivity index (χ2v) is 4.60. The van der Waals surface area contributed by atoms with Crippen molar-refractivity contribution in [2.75, 3.05) is 5.32 Å². The van der Waals surface area contributed by atoms with Crippen LogP contribution in [0.15, 0.2) is 30.3 Å². The van der Waals surface area contributed by atoms with Gasteiger partial charge in [-0.15, -0.1) is 0 Å². The molecule has 1 aromatic carbocycles. The van der Waals surface area contributed by atoms with Crippen molar-refractivity contribution in [3.8, 4) is 0 Å². The molecule has 2 aromatic rings. The van der Waals surface area contributed by atoms with E-state index in [0.717, 1.165) is 35.1 Å². The Labute approximate surface area is 105 Å². The van der Waals surface area contributed by atoms with Gasteiger partial charge in [0.2, 0.25) is 0 Å². The molecular weight excluding hydrogens is 228 g/mol. The van der Waals surface area contributed by atoms with Crippen LogP contribution in [0.25, 0.3) is 10.9 Å². The van der Waals surface area contributed by atoms with E-state index in [1.54, 1.807) is 0 Å². The Morgan fingerprint density at radius 3 is 3.06 bits per heavy atom. The SMILES string of the molecule is O=C(O)C1CCCc2nc3ccccc3cc2N1. The number of benzene rings is 1. The number of rotatable bonds is 1. The first kappa shape index (κ1) is 11.0. The zero-order valence-electron chi connectivity index (χ0n) is 9.89. The highest BCUT2D eigenvalue weighted by molar-refractivity contribution is 5.84. The zero-order valence-corrected chi connectivity index (χ0v) is 9.89. The van der Waals surface area contributed by atoms with Crippen molar-refractivity contribution < 1.29 is 9.90 Å². The number of fused-ring (bicyclic) bond motifs is 2. The van der Waals surface area contributed by atoms with Gasteiger partial charge in [-0.25, -0.2) is 4.79 Å². The maximum atomic E-state index is 11.1. The van der Waals surface area contributed by atoms with Gasteiger partial charge in [0.1, 0.15) is 6.04 Å². The number of pyridine rings is 1. The Hall–Kier alpha value is -2.10. The topological polar surface area (TPSA) is 62.2 Å². The average Bonchev–Trinajstić information content (AvgIpc) is 2.57. The number of carbonyl (C=O) groups is 1. The summed E-state index contributed by atoms with van der Waals surface area (Å²) < 4.78 is 0. The number of carboxylic acid groups (broad SMARTS) is 1. The molecule has 0 spiro atoms. The molecule has 92 valence electrons. The third kappa shape index (κ3) is 1.90. The number of nitrogens with zero attached hydrogens (tertiary/aromatic N) is 1. The molecule has 1 aromatic heterocycles. The number of carboxylic acids is 1. The molecule has 2 N–H and O–H groups in total. The molecule has 4 heteroatoms. The first-order valence-electron chi connectivity index (χ1n) is 6.12. The normalized spacial score (nSPS) is 18.8. The predicted molar refractivity (Wildman–Crippen MR) is 69.7 cm³/mol. The molecule has 0 amide bonds. The van der Waals surface area contributed by atoms with Crippen molar-refractivity contribution >= 4 is 22.6 Å². The smallest absolute Gasteiger partial charge is 0.326 e. The van der Waals surface area contributed by atoms with Gasteiger partial charge in [0.05, 0.1) is 16.9 Å². The van der Waals surface area contributed by atoms with Gasteiger partial charge in [-0.1, -0.05) is 18.2 Å². The van der Waals surface area contributed by atoms with E-state index in [9.17, 15) is 4.79 Å². The fraction of sp³-hybridized carbons (Fsp3) is 0.286. The van der Waals surface area contributed by atoms with Crippen molar-refractivity contribution in [3.05, 3.63) is 36.0 Å². The average molecular weight is 242 g/mol. The number of para-hydroxylation sites is 1. The molecule has 1 unspecified atom stereocenters. The van der Waals surface area contributed by atoms with Gasteiger partial charge in [0.25, 0.3) is 0 Å². The molecule has 0 saturated carbocycles. The highest BCUT2D eigenvalue weighted by Crippen LogP contribution is 2.26. The molecule has 4 nitrogen and oxygen atoms in total. The molecule has 0 radical (unpaired) electrons. The Bertz CT molecular complexity index is 610. The molecular formula is C14H14N2O2. The van der Waals surface area contributed by atoms with Gasteiger partial charge in [-0.05, 0) is 31.4 Å². The van der Waals surface area contributed by atoms with Gasteiger partial charge >= 0.3 is 5.97 Å². The minimum absolute atomic E-state index is 0.505. The number of hydrogen-bond donors (Lipinski definition) is 2. The summed E-state index contributed by atoms with van der Waals surface area (Å²) in [5.74, 6) is -0.795. The molecule has 0 saturated heterocycles. The monoisotopic (exact) mass is 242 g/mol. The summed E-state index contributed by atoms with van der Waals surface area (Å²) in [5.41, 5.74) is 2.79. The van der Waals surface area contributed by atoms with Crippen LogP contribution in [-0.2, 0) is 11.2 Å². The number of nitrogens with one attached hydrogen (secondary N) is 1. The first-order chi connectivity index (χ1) is 8.74. The van der Waals surface area contributed by atoms with E-state index in [1.807, 2.05) is 30.3 Å². The van der Waals surface area contributed by atoms with E-state index < -0.39 is 12.0 Å². The van der Waals surface area contributed by atoms with E-state index in [0.29, 0.717) is 6.42 Å². The van der Waals surface area contributed by atoms with Crippen molar-refractivity contribution in [2.45, 2.75) is 25.3 Å². The summed E-state index contributed by atoms with van der Waals surface area (Å²) in [4.78, 5) is 15.7. The van der Waals surface area contributed by atoms with Gasteiger partial charge in [0, 0.05) is 5.39 Å². The lowest BCUT2D eigenvalue weighted by Crippen LogP contribution is -2.28. The van der Waals surface area contributed by atoms with Crippen molar-refractivity contribution in [3.63, 3.8) is 0 Å². The molecule has 1 atom stereocenters. The number of aliphatic carboxylic acids is 1. The molecule has 3 rings (SSSR count). The lowest BCUT2D eigenvalue weighted by atomic mass is 10.1. The van der Waals surface area contributed by atoms with Crippen LogP contribution in [0.4, 0.5) is 5.69 Å². The van der Waals surface area contributed by atoms with Crippen LogP contribution < -0.4 is 5.32 Å². The van der Waals surface area contributed by atoms with Gasteiger partial charge in [0.15, 0.2) is 0 Å². The van der Waals surface area contributed by atoms with Gasteiger partial charge in [-0.3, -0.25) is 4.98 Å². The maximum absolute atomic E-state index is 11.1. The number of anilines is 1. The van der Waals surface area contributed by atoms with Crippen molar-refractivity contribution in [1.82, 2.24) is 4.98 Å². The lowest BCUT2D eigenvalue weighted by molar-refractivity contribution is -0.138. The van der Waals surface area contributed by atoms with E-state index in [4.69, 9.17) is 5.11 Å². The summed E-state index contributed by atoms with van der Waals surface area (Å²) >= 11 is 0. The lowest BCUT2D eigenvalue weighted by Gasteiger charge is -2.13. The van der Waals surface area contributed by atoms with Crippen LogP contribution in [0.2, 0.25) is 0 Å². The van der Waals surface area contributed by atoms with Crippen LogP contribution in [-0.4, -0.2) is 22.1 Å². The molecule has 18 heavy (non-hydrogen) atoms. The number of hydrogen-bond acceptors (Lipinski definition) is 3. The van der Waals surface area contributed by atoms with E-state index in [1.165, 1.54) is 0 Å². The minimum atomic E-state index is -0.795. The molecule has 1 aliphatic heterocycles. The maximum Gasteiger partial charge on any atom is 0.326 e. The summed E-state index contributed by atoms with van der Waals surface area (Å²) in [6, 6.07) is 9.39. The molecule has 0 fully saturated rings. The highest BCUT2D eigenvalue weighted by Gasteiger charge is 2.22. The standard InChI is InChI=1S/C14H14N2O2/c17-14(18)12-7-3-6-11-13(16-12)8-9-4-1-2-5-10(9)15-11/h1-2,4-5,8,12,16H,3,6-7H2,(H,17,18). The number of aromatic nitrogens is 1. The Kier molecular flexibility index (Phi) is 2.63. The predicted octanol–water partition coefficient (Wildman–Crippen LogP) is 2.44. The quantitative estimate of drug-likeness (QED) is 0.806. The van der Waals surface area contributed by atoms with Crippen LogP contribution >= 0.6 is 0 Å². The minimum Gasteiger partial charge on any atom is -0.480 e. The third-order valence-electron chi connectivity index (χ3n) is 3.34. The molecule has 0 aliphatic carbocycles. The summed E-state index contributed by atoms with van der Waals surface area (Å²) in [6.45, 7) is 0. The molecule has 1 aliphatic rings. The fourth-order valence-corrected chi connectivity index (χ4v) is 2.39. The van der Waals surface area contributed by atoms with Gasteiger partial charge in [-0.2, -0.15) is 0 Å². The van der Waals surface area contributed by atoms with E-state index >= 15 is 0 Å². The summed E-state index contributed by atoms with van der Waals surface area (Å²) in [5, 5.41) is 13.2. The van der Waals surface area contributed by atoms with Crippen molar-refractivity contribution in [1.29, 1.82) is 0 Å². The van der Waals surface area contributed by atoms with Crippen LogP contribution in [0, 0.1) is 0 Å². The van der Waals surface area contributed by atoms with Crippen LogP contribution in [0.1, 0.15) is 18.5 Å². The number of aryl methyl sites for hydroxylation is 1. The third-order valence-corrected chi connectivity index (χ3v) is 3.34. The van der Waals surface area contributed by atoms with Crippen molar-refractivity contribution in [2.24, 2.45) is 0 Å². The second-order valence-electron chi connectivity index (χ2n) is 4.60. The summed E-state index contributed by atoms with van der Waals surface area (Å²) in [6.07, 6.45) is 2.32. The van der Waals surface area contributed by atoms with Crippen LogP contribution in [0.5, 0.6) is 0 Å². The van der Waals surface area contributed by atoms with E-state index in [2.05, 4.69) is 10.3 Å². The van der Waals surface area contributed by atoms with E-state index in [-0.39, 0.29) is 0 Å². The zero-order chi connectivity index (χ0) is 12.5. The summed E-state index contributed by atoms with van der Waals surface area (Å²) in [7, 11) is 0.